The second-order valence-electron chi connectivity index (χ2n) is 3.52. The van der Waals surface area contributed by atoms with Crippen LogP contribution in [0.15, 0.2) is 0 Å². The van der Waals surface area contributed by atoms with E-state index in [9.17, 15) is 0 Å². The summed E-state index contributed by atoms with van der Waals surface area (Å²) in [6.45, 7) is 13.4. The fourth-order valence-electron chi connectivity index (χ4n) is 0.697. The largest absolute Gasteiger partial charge is 0.397 e. The molecule has 0 amide bonds. The van der Waals surface area contributed by atoms with Crippen molar-refractivity contribution in [2.75, 3.05) is 39.3 Å². The molecule has 7 heteroatoms. The van der Waals surface area contributed by atoms with E-state index in [0.717, 1.165) is 19.6 Å². The maximum Gasteiger partial charge on any atom is 0.338 e. The van der Waals surface area contributed by atoms with Crippen molar-refractivity contribution >= 4 is 5.96 Å². The van der Waals surface area contributed by atoms with Gasteiger partial charge in [-0.25, -0.2) is 0 Å². The van der Waals surface area contributed by atoms with E-state index in [1.54, 1.807) is 6.92 Å². The van der Waals surface area contributed by atoms with Crippen LogP contribution >= 0.6 is 0 Å². The maximum absolute atomic E-state index is 7.57. The van der Waals surface area contributed by atoms with Crippen molar-refractivity contribution < 1.29 is 26.9 Å². The van der Waals surface area contributed by atoms with Gasteiger partial charge in [-0.15, -0.1) is 0 Å². The van der Waals surface area contributed by atoms with E-state index in [2.05, 4.69) is 28.7 Å². The topological polar surface area (TPSA) is 158 Å². The van der Waals surface area contributed by atoms with E-state index in [0.29, 0.717) is 0 Å². The summed E-state index contributed by atoms with van der Waals surface area (Å²) in [5.74, 6) is 0.289. The fourth-order valence-corrected chi connectivity index (χ4v) is 0.697. The second-order valence-corrected chi connectivity index (χ2v) is 3.52. The molecule has 0 saturated carbocycles. The fraction of sp³-hybridized carbons (Fsp3) is 0.938. The smallest absolute Gasteiger partial charge is 0.338 e. The van der Waals surface area contributed by atoms with E-state index in [1.807, 2.05) is 13.8 Å². The lowest BCUT2D eigenvalue weighted by Crippen LogP contribution is -2.87. The van der Waals surface area contributed by atoms with Crippen LogP contribution in [0.1, 0.15) is 63.8 Å². The van der Waals surface area contributed by atoms with Gasteiger partial charge in [0.25, 0.3) is 0 Å². The Morgan fingerprint density at radius 3 is 1.43 bits per heavy atom. The van der Waals surface area contributed by atoms with Crippen LogP contribution in [-0.2, 0) is 0 Å². The molecule has 7 nitrogen and oxygen atoms in total. The first kappa shape index (κ1) is 49.5. The highest BCUT2D eigenvalue weighted by atomic mass is 16.2. The van der Waals surface area contributed by atoms with Gasteiger partial charge in [-0.2, -0.15) is 0 Å². The standard InChI is InChI=1S/C5H14N2.C3H9N3.C2H7N.C2H6O.4CH4/c1-2-4-7-5-3-6;1-2-6-3(4)5;2*1-2-3;;;;/h7H,2-6H2,1H3;2H2,1H3,(H4,4,5,6);2-3H2,1H3;3H,2H2,1H3;4*1H4/p+4. The average molecular weight is 349 g/mol. The third-order valence-electron chi connectivity index (χ3n) is 1.28. The number of nitrogens with one attached hydrogen (secondary N) is 1. The summed E-state index contributed by atoms with van der Waals surface area (Å²) < 4.78 is 0. The minimum absolute atomic E-state index is 0. The van der Waals surface area contributed by atoms with Gasteiger partial charge in [-0.1, -0.05) is 36.6 Å². The van der Waals surface area contributed by atoms with Crippen LogP contribution in [0.2, 0.25) is 0 Å². The molecule has 0 saturated heterocycles. The van der Waals surface area contributed by atoms with E-state index in [1.165, 1.54) is 19.5 Å². The van der Waals surface area contributed by atoms with Gasteiger partial charge in [0.1, 0.15) is 13.1 Å². The monoisotopic (exact) mass is 348 g/mol. The van der Waals surface area contributed by atoms with Gasteiger partial charge in [0.05, 0.1) is 19.6 Å². The molecule has 0 aliphatic heterocycles. The summed E-state index contributed by atoms with van der Waals surface area (Å²) in [5, 5.41) is 9.87. The first-order chi connectivity index (χ1) is 9.01. The number of aliphatic hydroxyl groups excluding tert-OH is 1. The van der Waals surface area contributed by atoms with Crippen LogP contribution in [0.5, 0.6) is 0 Å². The van der Waals surface area contributed by atoms with E-state index in [-0.39, 0.29) is 42.3 Å². The van der Waals surface area contributed by atoms with Crippen molar-refractivity contribution in [2.24, 2.45) is 11.5 Å². The zero-order valence-corrected chi connectivity index (χ0v) is 13.5. The lowest BCUT2D eigenvalue weighted by Gasteiger charge is -1.91. The molecule has 14 N–H and O–H groups in total. The predicted octanol–water partition coefficient (Wildman–Crippen LogP) is -2.65. The van der Waals surface area contributed by atoms with Crippen LogP contribution < -0.4 is 33.2 Å². The Morgan fingerprint density at radius 2 is 1.30 bits per heavy atom. The Kier molecular flexibility index (Phi) is 149. The number of guanidine groups is 1. The molecule has 23 heavy (non-hydrogen) atoms. The summed E-state index contributed by atoms with van der Waals surface area (Å²) in [5.41, 5.74) is 17.2. The number of hydrogen-bond donors (Lipinski definition) is 7. The molecule has 0 atom stereocenters. The van der Waals surface area contributed by atoms with Crippen molar-refractivity contribution in [3.05, 3.63) is 0 Å². The van der Waals surface area contributed by atoms with Gasteiger partial charge >= 0.3 is 5.96 Å². The van der Waals surface area contributed by atoms with Gasteiger partial charge in [0, 0.05) is 6.61 Å². The Morgan fingerprint density at radius 1 is 0.957 bits per heavy atom. The zero-order chi connectivity index (χ0) is 15.9. The maximum atomic E-state index is 7.57. The minimum atomic E-state index is 0. The lowest BCUT2D eigenvalue weighted by atomic mass is 10.5. The first-order valence-electron chi connectivity index (χ1n) is 7.14. The van der Waals surface area contributed by atoms with Crippen molar-refractivity contribution in [3.63, 3.8) is 0 Å². The molecule has 0 radical (unpaired) electrons. The number of aliphatic hydroxyl groups is 1. The molecule has 0 aromatic carbocycles. The van der Waals surface area contributed by atoms with Gasteiger partial charge in [0.15, 0.2) is 0 Å². The molecular weight excluding hydrogens is 292 g/mol. The van der Waals surface area contributed by atoms with Crippen molar-refractivity contribution in [1.29, 1.82) is 0 Å². The lowest BCUT2D eigenvalue weighted by molar-refractivity contribution is -0.669. The van der Waals surface area contributed by atoms with Gasteiger partial charge < -0.3 is 21.9 Å². The molecule has 0 bridgehead atoms. The van der Waals surface area contributed by atoms with Gasteiger partial charge in [0.2, 0.25) is 0 Å². The predicted molar refractivity (Wildman–Crippen MR) is 108 cm³/mol. The van der Waals surface area contributed by atoms with Crippen molar-refractivity contribution in [2.45, 2.75) is 63.8 Å². The quantitative estimate of drug-likeness (QED) is 0.165. The van der Waals surface area contributed by atoms with Crippen LogP contribution in [0.3, 0.4) is 0 Å². The van der Waals surface area contributed by atoms with E-state index < -0.39 is 0 Å². The minimum Gasteiger partial charge on any atom is -0.397 e. The average Bonchev–Trinajstić information content (AvgIpc) is 2.32. The van der Waals surface area contributed by atoms with Gasteiger partial charge in [-0.05, 0) is 27.2 Å². The molecule has 0 fully saturated rings. The third-order valence-corrected chi connectivity index (χ3v) is 1.28. The zero-order valence-electron chi connectivity index (χ0n) is 13.5. The summed E-state index contributed by atoms with van der Waals surface area (Å²) >= 11 is 0. The molecule has 0 aromatic rings. The molecule has 0 aromatic heterocycles. The van der Waals surface area contributed by atoms with Crippen LogP contribution in [0.25, 0.3) is 0 Å². The van der Waals surface area contributed by atoms with Crippen molar-refractivity contribution in [3.8, 4) is 0 Å². The normalized spacial score (nSPS) is 6.39. The summed E-state index contributed by atoms with van der Waals surface area (Å²) in [6, 6.07) is 0. The van der Waals surface area contributed by atoms with E-state index >= 15 is 0 Å². The Labute approximate surface area is 148 Å². The van der Waals surface area contributed by atoms with Crippen molar-refractivity contribution in [1.82, 2.24) is 0 Å². The Hall–Kier alpha value is -0.890. The molecule has 0 aliphatic rings. The first-order valence-corrected chi connectivity index (χ1v) is 7.14. The highest BCUT2D eigenvalue weighted by molar-refractivity contribution is 5.69. The number of quaternary nitrogens is 3. The highest BCUT2D eigenvalue weighted by Crippen LogP contribution is 1.57. The van der Waals surface area contributed by atoms with Crippen LogP contribution in [0, 0.1) is 0 Å². The number of rotatable bonds is 5. The summed E-state index contributed by atoms with van der Waals surface area (Å²) in [7, 11) is 0. The number of hydrogen-bond acceptors (Lipinski definition) is 1. The molecule has 152 valence electrons. The molecule has 0 unspecified atom stereocenters. The van der Waals surface area contributed by atoms with E-state index in [4.69, 9.17) is 16.6 Å². The molecule has 0 rings (SSSR count). The van der Waals surface area contributed by atoms with Gasteiger partial charge in [-0.3, -0.25) is 16.5 Å². The second kappa shape index (κ2) is 69.2. The molecule has 0 spiro atoms. The SMILES string of the molecule is C.C.C.C.CCC[NH2+]CC[NH3+].CCO.CC[NH+]=C(N)N.CC[NH3+]. The molecular formula is C16H56N6O+4. The Bertz CT molecular complexity index is 137. The summed E-state index contributed by atoms with van der Waals surface area (Å²) in [6.07, 6.45) is 1.28. The molecule has 0 heterocycles. The highest BCUT2D eigenvalue weighted by Gasteiger charge is 1.82. The number of nitrogens with two attached hydrogens (primary N) is 3. The Balaban J connectivity index is -0.0000000217. The third kappa shape index (κ3) is 207. The van der Waals surface area contributed by atoms with Crippen LogP contribution in [0.4, 0.5) is 0 Å². The van der Waals surface area contributed by atoms with Crippen LogP contribution in [-0.4, -0.2) is 50.4 Å². The molecule has 0 aliphatic carbocycles. The summed E-state index contributed by atoms with van der Waals surface area (Å²) in [4.78, 5) is 2.68.